The van der Waals surface area contributed by atoms with Gasteiger partial charge < -0.3 is 14.9 Å². The lowest BCUT2D eigenvalue weighted by Crippen LogP contribution is -2.56. The molecular weight excluding hydrogens is 580 g/mol. The highest BCUT2D eigenvalue weighted by Gasteiger charge is 2.71. The maximum absolute atomic E-state index is 13.2. The third-order valence-corrected chi connectivity index (χ3v) is 7.45. The molecular formula is C30H31F6N3O4. The number of rotatable bonds is 9. The van der Waals surface area contributed by atoms with Gasteiger partial charge in [0.1, 0.15) is 12.6 Å². The Hall–Kier alpha value is -3.52. The molecule has 43 heavy (non-hydrogen) atoms. The molecule has 0 spiro atoms. The van der Waals surface area contributed by atoms with E-state index in [0.29, 0.717) is 56.0 Å². The fourth-order valence-corrected chi connectivity index (χ4v) is 5.18. The molecule has 1 aliphatic heterocycles. The fraction of sp³-hybridized carbons (Fsp3) is 0.400. The number of pyridine rings is 1. The number of carbonyl (C=O) groups excluding carboxylic acids is 1. The molecule has 1 aliphatic rings. The average molecular weight is 612 g/mol. The maximum Gasteiger partial charge on any atom is 0.430 e. The number of esters is 1. The van der Waals surface area contributed by atoms with E-state index >= 15 is 0 Å². The Balaban J connectivity index is 1.48. The van der Waals surface area contributed by atoms with Crippen LogP contribution < -0.4 is 0 Å². The molecule has 1 atom stereocenters. The number of aryl methyl sites for hydroxylation is 1. The van der Waals surface area contributed by atoms with Crippen LogP contribution in [0.3, 0.4) is 0 Å². The summed E-state index contributed by atoms with van der Waals surface area (Å²) in [5.41, 5.74) is -2.69. The zero-order valence-corrected chi connectivity index (χ0v) is 23.2. The lowest BCUT2D eigenvalue weighted by atomic mass is 9.90. The van der Waals surface area contributed by atoms with Gasteiger partial charge in [0, 0.05) is 50.7 Å². The van der Waals surface area contributed by atoms with Crippen LogP contribution >= 0.6 is 0 Å². The van der Waals surface area contributed by atoms with Crippen molar-refractivity contribution in [3.63, 3.8) is 0 Å². The first-order chi connectivity index (χ1) is 20.2. The second kappa shape index (κ2) is 13.0. The van der Waals surface area contributed by atoms with Crippen LogP contribution in [0.25, 0.3) is 11.1 Å². The molecule has 1 fully saturated rings. The Morgan fingerprint density at radius 2 is 1.58 bits per heavy atom. The first-order valence-corrected chi connectivity index (χ1v) is 13.4. The summed E-state index contributed by atoms with van der Waals surface area (Å²) < 4.78 is 84.7. The van der Waals surface area contributed by atoms with Crippen LogP contribution in [0.2, 0.25) is 0 Å². The normalized spacial score (nSPS) is 17.2. The minimum atomic E-state index is -5.95. The summed E-state index contributed by atoms with van der Waals surface area (Å²) in [5.74, 6) is -0.439. The zero-order chi connectivity index (χ0) is 31.4. The van der Waals surface area contributed by atoms with Gasteiger partial charge in [0.15, 0.2) is 0 Å². The molecule has 2 heterocycles. The molecule has 0 saturated carbocycles. The highest BCUT2D eigenvalue weighted by molar-refractivity contribution is 5.76. The number of ether oxygens (including phenoxy) is 1. The summed E-state index contributed by atoms with van der Waals surface area (Å²) in [6, 6.07) is 12.1. The van der Waals surface area contributed by atoms with Crippen LogP contribution in [0.4, 0.5) is 26.3 Å². The van der Waals surface area contributed by atoms with Crippen molar-refractivity contribution in [3.05, 3.63) is 89.2 Å². The lowest BCUT2D eigenvalue weighted by molar-refractivity contribution is -0.376. The third-order valence-electron chi connectivity index (χ3n) is 7.45. The number of piperazine rings is 1. The van der Waals surface area contributed by atoms with Crippen LogP contribution in [0.15, 0.2) is 67.0 Å². The van der Waals surface area contributed by atoms with Gasteiger partial charge in [-0.05, 0) is 46.9 Å². The van der Waals surface area contributed by atoms with Crippen molar-refractivity contribution >= 4 is 5.97 Å². The Morgan fingerprint density at radius 3 is 2.16 bits per heavy atom. The first-order valence-electron chi connectivity index (χ1n) is 13.4. The number of alkyl halides is 6. The van der Waals surface area contributed by atoms with E-state index in [1.165, 1.54) is 0 Å². The molecule has 13 heteroatoms. The van der Waals surface area contributed by atoms with Crippen LogP contribution in [0.1, 0.15) is 22.3 Å². The van der Waals surface area contributed by atoms with Crippen molar-refractivity contribution in [2.24, 2.45) is 0 Å². The van der Waals surface area contributed by atoms with Gasteiger partial charge in [-0.25, -0.2) is 0 Å². The number of hydrogen-bond acceptors (Lipinski definition) is 7. The zero-order valence-electron chi connectivity index (χ0n) is 23.2. The summed E-state index contributed by atoms with van der Waals surface area (Å²) in [5, 5.41) is 18.7. The van der Waals surface area contributed by atoms with Crippen LogP contribution in [-0.2, 0) is 28.2 Å². The quantitative estimate of drug-likeness (QED) is 0.271. The van der Waals surface area contributed by atoms with Crippen molar-refractivity contribution in [2.45, 2.75) is 44.0 Å². The standard InChI is InChI=1S/C30H31F6N3O4/c1-20-16-22(2-7-25(20)23-3-5-24(6-4-23)28(42,29(31,32)33)30(34,35)36)17-38-12-13-39(18-21-8-10-37-11-9-21)26(19-38)27(41)43-15-14-40/h2-11,16,26,40,42H,12-15,17-19H2,1H3. The number of nitrogens with zero attached hydrogens (tertiary/aromatic N) is 3. The Kier molecular flexibility index (Phi) is 9.79. The average Bonchev–Trinajstić information content (AvgIpc) is 2.96. The molecule has 4 rings (SSSR count). The Morgan fingerprint density at radius 1 is 0.930 bits per heavy atom. The summed E-state index contributed by atoms with van der Waals surface area (Å²) >= 11 is 0. The molecule has 0 aliphatic carbocycles. The van der Waals surface area contributed by atoms with Gasteiger partial charge >= 0.3 is 18.3 Å². The molecule has 0 radical (unpaired) electrons. The van der Waals surface area contributed by atoms with E-state index in [4.69, 9.17) is 9.84 Å². The van der Waals surface area contributed by atoms with Gasteiger partial charge in [-0.15, -0.1) is 0 Å². The van der Waals surface area contributed by atoms with Crippen LogP contribution in [0, 0.1) is 6.92 Å². The second-order valence-electron chi connectivity index (χ2n) is 10.4. The molecule has 0 amide bonds. The number of aliphatic hydroxyl groups is 2. The van der Waals surface area contributed by atoms with Gasteiger partial charge in [-0.3, -0.25) is 19.6 Å². The summed E-state index contributed by atoms with van der Waals surface area (Å²) in [4.78, 5) is 21.0. The van der Waals surface area contributed by atoms with Crippen molar-refractivity contribution < 1.29 is 46.1 Å². The largest absolute Gasteiger partial charge is 0.462 e. The highest BCUT2D eigenvalue weighted by Crippen LogP contribution is 2.50. The SMILES string of the molecule is Cc1cc(CN2CCN(Cc3ccncc3)C(C(=O)OCCO)C2)ccc1-c1ccc(C(O)(C(F)(F)F)C(F)(F)F)cc1. The van der Waals surface area contributed by atoms with E-state index in [1.54, 1.807) is 31.5 Å². The Labute approximate surface area is 244 Å². The van der Waals surface area contributed by atoms with Crippen LogP contribution in [-0.4, -0.2) is 82.2 Å². The van der Waals surface area contributed by atoms with Crippen molar-refractivity contribution in [1.29, 1.82) is 0 Å². The first kappa shape index (κ1) is 32.4. The smallest absolute Gasteiger partial charge is 0.430 e. The topological polar surface area (TPSA) is 86.1 Å². The number of aliphatic hydroxyl groups excluding tert-OH is 1. The van der Waals surface area contributed by atoms with Crippen LogP contribution in [0.5, 0.6) is 0 Å². The monoisotopic (exact) mass is 611 g/mol. The molecule has 7 nitrogen and oxygen atoms in total. The van der Waals surface area contributed by atoms with E-state index in [2.05, 4.69) is 9.88 Å². The molecule has 0 bridgehead atoms. The van der Waals surface area contributed by atoms with Crippen molar-refractivity contribution in [1.82, 2.24) is 14.8 Å². The van der Waals surface area contributed by atoms with E-state index in [9.17, 15) is 36.2 Å². The number of hydrogen-bond donors (Lipinski definition) is 2. The third kappa shape index (κ3) is 7.18. The van der Waals surface area contributed by atoms with Crippen molar-refractivity contribution in [2.75, 3.05) is 32.8 Å². The van der Waals surface area contributed by atoms with E-state index in [1.807, 2.05) is 23.1 Å². The van der Waals surface area contributed by atoms with Gasteiger partial charge in [0.25, 0.3) is 5.60 Å². The molecule has 1 saturated heterocycles. The molecule has 2 N–H and O–H groups in total. The summed E-state index contributed by atoms with van der Waals surface area (Å²) in [6.45, 7) is 3.99. The lowest BCUT2D eigenvalue weighted by Gasteiger charge is -2.40. The van der Waals surface area contributed by atoms with Gasteiger partial charge in [-0.1, -0.05) is 42.5 Å². The van der Waals surface area contributed by atoms with E-state index < -0.39 is 35.5 Å². The maximum atomic E-state index is 13.2. The highest BCUT2D eigenvalue weighted by atomic mass is 19.4. The van der Waals surface area contributed by atoms with Gasteiger partial charge in [0.05, 0.1) is 6.61 Å². The van der Waals surface area contributed by atoms with Crippen molar-refractivity contribution in [3.8, 4) is 11.1 Å². The predicted octanol–water partition coefficient (Wildman–Crippen LogP) is 4.59. The van der Waals surface area contributed by atoms with Gasteiger partial charge in [-0.2, -0.15) is 26.3 Å². The fourth-order valence-electron chi connectivity index (χ4n) is 5.18. The van der Waals surface area contributed by atoms with Gasteiger partial charge in [0.2, 0.25) is 0 Å². The summed E-state index contributed by atoms with van der Waals surface area (Å²) in [6.07, 6.45) is -8.56. The molecule has 1 aromatic heterocycles. The van der Waals surface area contributed by atoms with E-state index in [0.717, 1.165) is 28.8 Å². The molecule has 232 valence electrons. The minimum Gasteiger partial charge on any atom is -0.462 e. The molecule has 3 aromatic rings. The Bertz CT molecular complexity index is 1370. The number of carbonyl (C=O) groups is 1. The second-order valence-corrected chi connectivity index (χ2v) is 10.4. The summed E-state index contributed by atoms with van der Waals surface area (Å²) in [7, 11) is 0. The predicted molar refractivity (Wildman–Crippen MR) is 144 cm³/mol. The number of halogens is 6. The molecule has 1 unspecified atom stereocenters. The van der Waals surface area contributed by atoms with E-state index in [-0.39, 0.29) is 13.2 Å². The molecule has 2 aromatic carbocycles. The minimum absolute atomic E-state index is 0.105. The number of aromatic nitrogens is 1. The number of benzene rings is 2.